The molecule has 0 radical (unpaired) electrons. The maximum atomic E-state index is 13.6. The number of nitrogens with one attached hydrogen (secondary N) is 1. The molecule has 0 saturated carbocycles. The molecule has 3 amide bonds. The normalized spacial score (nSPS) is 17.6. The fraction of sp³-hybridized carbons (Fsp3) is 0.286. The highest BCUT2D eigenvalue weighted by Crippen LogP contribution is 2.34. The Morgan fingerprint density at radius 2 is 1.64 bits per heavy atom. The van der Waals surface area contributed by atoms with Crippen LogP contribution < -0.4 is 21.7 Å². The van der Waals surface area contributed by atoms with E-state index in [-0.39, 0.29) is 11.9 Å². The zero-order valence-corrected chi connectivity index (χ0v) is 21.1. The molecule has 8 nitrogen and oxygen atoms in total. The molecule has 0 bridgehead atoms. The summed E-state index contributed by atoms with van der Waals surface area (Å²) in [6, 6.07) is 22.3. The molecule has 0 aromatic heterocycles. The lowest BCUT2D eigenvalue weighted by molar-refractivity contribution is 0.102. The quantitative estimate of drug-likeness (QED) is 0.421. The van der Waals surface area contributed by atoms with Gasteiger partial charge in [0.2, 0.25) is 0 Å². The number of benzene rings is 3. The molecule has 5 N–H and O–H groups in total. The number of nitrogen functional groups attached to an aromatic ring is 1. The third kappa shape index (κ3) is 5.35. The third-order valence-electron chi connectivity index (χ3n) is 6.42. The Bertz CT molecular complexity index is 1230. The first-order valence-electron chi connectivity index (χ1n) is 12.0. The van der Waals surface area contributed by atoms with Gasteiger partial charge in [-0.3, -0.25) is 9.69 Å². The highest BCUT2D eigenvalue weighted by Gasteiger charge is 2.47. The van der Waals surface area contributed by atoms with Crippen molar-refractivity contribution < 1.29 is 9.59 Å². The van der Waals surface area contributed by atoms with E-state index in [0.29, 0.717) is 36.6 Å². The molecule has 1 atom stereocenters. The van der Waals surface area contributed by atoms with Crippen molar-refractivity contribution in [3.63, 3.8) is 0 Å². The minimum atomic E-state index is -0.403. The fourth-order valence-electron chi connectivity index (χ4n) is 4.84. The first kappa shape index (κ1) is 25.2. The van der Waals surface area contributed by atoms with Crippen molar-refractivity contribution >= 4 is 29.0 Å². The van der Waals surface area contributed by atoms with Gasteiger partial charge >= 0.3 is 6.03 Å². The zero-order chi connectivity index (χ0) is 25.9. The Kier molecular flexibility index (Phi) is 7.28. The van der Waals surface area contributed by atoms with E-state index in [4.69, 9.17) is 11.5 Å². The summed E-state index contributed by atoms with van der Waals surface area (Å²) in [6.45, 7) is 4.33. The number of hydrogen-bond donors (Lipinski definition) is 3. The predicted molar refractivity (Wildman–Crippen MR) is 145 cm³/mol. The SMILES string of the molecule is CN(C)CC1(C)CN(Cc2ccc(C(=O)Nc3ccccc3N)cc2)C(=O)N1c1ccc(CN)cc1. The number of carbonyl (C=O) groups excluding carboxylic acids is 2. The standard InChI is InChI=1S/C28H34N6O2/c1-28(18-32(2)3)19-33(27(36)34(28)23-14-10-20(16-29)11-15-23)17-21-8-12-22(13-9-21)26(35)31-25-7-5-4-6-24(25)30/h4-15H,16-19,29-30H2,1-3H3,(H,31,35). The van der Waals surface area contributed by atoms with Crippen molar-refractivity contribution in [2.24, 2.45) is 5.73 Å². The molecule has 1 unspecified atom stereocenters. The molecule has 4 rings (SSSR count). The van der Waals surface area contributed by atoms with Crippen LogP contribution in [0.4, 0.5) is 21.9 Å². The van der Waals surface area contributed by atoms with Gasteiger partial charge in [-0.25, -0.2) is 4.79 Å². The molecule has 0 spiro atoms. The number of nitrogens with two attached hydrogens (primary N) is 2. The topological polar surface area (TPSA) is 108 Å². The van der Waals surface area contributed by atoms with E-state index in [1.807, 2.05) is 72.4 Å². The molecule has 3 aromatic carbocycles. The Hall–Kier alpha value is -3.88. The lowest BCUT2D eigenvalue weighted by Crippen LogP contribution is -2.51. The average molecular weight is 487 g/mol. The molecule has 8 heteroatoms. The molecule has 36 heavy (non-hydrogen) atoms. The van der Waals surface area contributed by atoms with Gasteiger partial charge in [-0.05, 0) is 68.5 Å². The molecule has 0 aliphatic carbocycles. The first-order chi connectivity index (χ1) is 17.2. The number of anilines is 3. The number of carbonyl (C=O) groups is 2. The first-order valence-corrected chi connectivity index (χ1v) is 12.0. The fourth-order valence-corrected chi connectivity index (χ4v) is 4.84. The third-order valence-corrected chi connectivity index (χ3v) is 6.42. The van der Waals surface area contributed by atoms with Crippen LogP contribution in [0, 0.1) is 0 Å². The molecular weight excluding hydrogens is 452 g/mol. The summed E-state index contributed by atoms with van der Waals surface area (Å²) >= 11 is 0. The van der Waals surface area contributed by atoms with E-state index < -0.39 is 5.54 Å². The van der Waals surface area contributed by atoms with Gasteiger partial charge in [0.25, 0.3) is 5.91 Å². The summed E-state index contributed by atoms with van der Waals surface area (Å²) in [5, 5.41) is 2.84. The molecule has 1 aliphatic rings. The maximum Gasteiger partial charge on any atom is 0.325 e. The van der Waals surface area contributed by atoms with Crippen LogP contribution in [0.25, 0.3) is 0 Å². The zero-order valence-electron chi connectivity index (χ0n) is 21.1. The predicted octanol–water partition coefficient (Wildman–Crippen LogP) is 3.74. The van der Waals surface area contributed by atoms with Gasteiger partial charge in [-0.1, -0.05) is 36.4 Å². The minimum Gasteiger partial charge on any atom is -0.397 e. The largest absolute Gasteiger partial charge is 0.397 e. The summed E-state index contributed by atoms with van der Waals surface area (Å²) in [7, 11) is 4.03. The lowest BCUT2D eigenvalue weighted by Gasteiger charge is -2.35. The molecule has 1 fully saturated rings. The van der Waals surface area contributed by atoms with Crippen molar-refractivity contribution in [2.75, 3.05) is 43.1 Å². The number of amides is 3. The van der Waals surface area contributed by atoms with E-state index >= 15 is 0 Å². The van der Waals surface area contributed by atoms with Crippen molar-refractivity contribution in [1.29, 1.82) is 0 Å². The minimum absolute atomic E-state index is 0.0405. The molecule has 1 heterocycles. The monoisotopic (exact) mass is 486 g/mol. The number of rotatable bonds is 8. The number of hydrogen-bond acceptors (Lipinski definition) is 5. The number of urea groups is 1. The molecule has 1 aliphatic heterocycles. The molecule has 3 aromatic rings. The second kappa shape index (κ2) is 10.4. The Morgan fingerprint density at radius 1 is 1.00 bits per heavy atom. The smallest absolute Gasteiger partial charge is 0.325 e. The second-order valence-electron chi connectivity index (χ2n) is 9.82. The number of para-hydroxylation sites is 2. The number of nitrogens with zero attached hydrogens (tertiary/aromatic N) is 3. The van der Waals surface area contributed by atoms with Crippen LogP contribution in [0.3, 0.4) is 0 Å². The van der Waals surface area contributed by atoms with Crippen LogP contribution in [0.2, 0.25) is 0 Å². The summed E-state index contributed by atoms with van der Waals surface area (Å²) in [4.78, 5) is 32.1. The highest BCUT2D eigenvalue weighted by molar-refractivity contribution is 6.05. The molecule has 1 saturated heterocycles. The highest BCUT2D eigenvalue weighted by atomic mass is 16.2. The van der Waals surface area contributed by atoms with Gasteiger partial charge < -0.3 is 26.6 Å². The van der Waals surface area contributed by atoms with Crippen molar-refractivity contribution in [3.05, 3.63) is 89.5 Å². The van der Waals surface area contributed by atoms with Crippen LogP contribution >= 0.6 is 0 Å². The van der Waals surface area contributed by atoms with Crippen LogP contribution in [0.1, 0.15) is 28.4 Å². The van der Waals surface area contributed by atoms with Gasteiger partial charge in [0.15, 0.2) is 0 Å². The Morgan fingerprint density at radius 3 is 2.25 bits per heavy atom. The van der Waals surface area contributed by atoms with Gasteiger partial charge in [0, 0.05) is 37.4 Å². The average Bonchev–Trinajstić information content (AvgIpc) is 3.09. The van der Waals surface area contributed by atoms with Crippen molar-refractivity contribution in [1.82, 2.24) is 9.80 Å². The maximum absolute atomic E-state index is 13.6. The van der Waals surface area contributed by atoms with E-state index in [1.165, 1.54) is 0 Å². The lowest BCUT2D eigenvalue weighted by atomic mass is 9.99. The summed E-state index contributed by atoms with van der Waals surface area (Å²) in [5.41, 5.74) is 15.7. The van der Waals surface area contributed by atoms with Crippen molar-refractivity contribution in [2.45, 2.75) is 25.6 Å². The van der Waals surface area contributed by atoms with Crippen LogP contribution in [-0.4, -0.2) is 54.5 Å². The van der Waals surface area contributed by atoms with Gasteiger partial charge in [-0.15, -0.1) is 0 Å². The van der Waals surface area contributed by atoms with Crippen LogP contribution in [-0.2, 0) is 13.1 Å². The van der Waals surface area contributed by atoms with E-state index in [9.17, 15) is 9.59 Å². The Balaban J connectivity index is 1.50. The summed E-state index contributed by atoms with van der Waals surface area (Å²) in [5.74, 6) is -0.234. The van der Waals surface area contributed by atoms with Gasteiger partial charge in [0.1, 0.15) is 0 Å². The van der Waals surface area contributed by atoms with Crippen LogP contribution in [0.5, 0.6) is 0 Å². The van der Waals surface area contributed by atoms with E-state index in [1.54, 1.807) is 24.3 Å². The number of likely N-dealkylation sites (N-methyl/N-ethyl adjacent to an activating group) is 1. The molecular formula is C28H34N6O2. The van der Waals surface area contributed by atoms with Crippen LogP contribution in [0.15, 0.2) is 72.8 Å². The summed E-state index contributed by atoms with van der Waals surface area (Å²) < 4.78 is 0. The Labute approximate surface area is 212 Å². The summed E-state index contributed by atoms with van der Waals surface area (Å²) in [6.07, 6.45) is 0. The van der Waals surface area contributed by atoms with E-state index in [2.05, 4.69) is 17.1 Å². The van der Waals surface area contributed by atoms with Gasteiger partial charge in [-0.2, -0.15) is 0 Å². The van der Waals surface area contributed by atoms with E-state index in [0.717, 1.165) is 23.4 Å². The second-order valence-corrected chi connectivity index (χ2v) is 9.82. The molecule has 188 valence electrons. The van der Waals surface area contributed by atoms with Crippen molar-refractivity contribution in [3.8, 4) is 0 Å². The van der Waals surface area contributed by atoms with Gasteiger partial charge in [0.05, 0.1) is 16.9 Å².